The monoisotopic (exact) mass is 384 g/mol. The SMILES string of the molecule is O=C(OCCC(F)C(F)(F)S(=O)(=O)O)C12CC3CC(CC(C3)C1=O)C2. The number of ketones is 1. The third-order valence-corrected chi connectivity index (χ3v) is 6.67. The van der Waals surface area contributed by atoms with Crippen LogP contribution in [0, 0.1) is 23.2 Å². The van der Waals surface area contributed by atoms with Gasteiger partial charge < -0.3 is 4.74 Å². The van der Waals surface area contributed by atoms with E-state index in [1.807, 2.05) is 0 Å². The first kappa shape index (κ1) is 18.6. The zero-order chi connectivity index (χ0) is 18.6. The number of hydrogen-bond acceptors (Lipinski definition) is 5. The average Bonchev–Trinajstić information content (AvgIpc) is 2.50. The Labute approximate surface area is 142 Å². The lowest BCUT2D eigenvalue weighted by Crippen LogP contribution is -2.57. The second kappa shape index (κ2) is 5.94. The van der Waals surface area contributed by atoms with Crippen molar-refractivity contribution >= 4 is 21.9 Å². The Morgan fingerprint density at radius 2 is 1.84 bits per heavy atom. The number of rotatable bonds is 6. The molecule has 0 amide bonds. The first-order valence-corrected chi connectivity index (χ1v) is 9.62. The molecule has 0 aromatic carbocycles. The van der Waals surface area contributed by atoms with Gasteiger partial charge in [-0.25, -0.2) is 4.39 Å². The van der Waals surface area contributed by atoms with Gasteiger partial charge in [0, 0.05) is 12.3 Å². The predicted octanol–water partition coefficient (Wildman–Crippen LogP) is 2.13. The van der Waals surface area contributed by atoms with E-state index in [0.717, 1.165) is 19.3 Å². The molecule has 4 saturated carbocycles. The molecule has 1 N–H and O–H groups in total. The number of halogens is 3. The van der Waals surface area contributed by atoms with E-state index in [1.54, 1.807) is 0 Å². The minimum absolute atomic E-state index is 0.170. The number of hydrogen-bond donors (Lipinski definition) is 1. The fourth-order valence-corrected chi connectivity index (χ4v) is 5.20. The van der Waals surface area contributed by atoms with Crippen LogP contribution in [0.2, 0.25) is 0 Å². The van der Waals surface area contributed by atoms with Crippen molar-refractivity contribution in [3.05, 3.63) is 0 Å². The highest BCUT2D eigenvalue weighted by atomic mass is 32.2. The smallest absolute Gasteiger partial charge is 0.400 e. The molecule has 0 spiro atoms. The van der Waals surface area contributed by atoms with Crippen molar-refractivity contribution in [1.82, 2.24) is 0 Å². The molecule has 10 heteroatoms. The minimum atomic E-state index is -5.90. The summed E-state index contributed by atoms with van der Waals surface area (Å²) in [7, 11) is -5.90. The number of carbonyl (C=O) groups excluding carboxylic acids is 2. The molecule has 4 aliphatic carbocycles. The van der Waals surface area contributed by atoms with Gasteiger partial charge in [-0.2, -0.15) is 17.2 Å². The molecular formula is C15H19F3O6S. The molecule has 0 aromatic rings. The summed E-state index contributed by atoms with van der Waals surface area (Å²) >= 11 is 0. The van der Waals surface area contributed by atoms with Gasteiger partial charge >= 0.3 is 21.3 Å². The quantitative estimate of drug-likeness (QED) is 0.428. The van der Waals surface area contributed by atoms with Gasteiger partial charge in [0.25, 0.3) is 0 Å². The standard InChI is InChI=1S/C15H19F3O6S/c16-11(15(17,18)25(21,22)23)1-2-24-13(20)14-6-8-3-9(7-14)5-10(4-8)12(14)19/h8-11H,1-7H2,(H,21,22,23). The molecule has 0 radical (unpaired) electrons. The highest BCUT2D eigenvalue weighted by Gasteiger charge is 2.61. The van der Waals surface area contributed by atoms with Crippen LogP contribution in [-0.2, 0) is 24.4 Å². The molecule has 4 fully saturated rings. The molecular weight excluding hydrogens is 365 g/mol. The van der Waals surface area contributed by atoms with Crippen LogP contribution in [0.4, 0.5) is 13.2 Å². The molecule has 0 aromatic heterocycles. The van der Waals surface area contributed by atoms with Crippen molar-refractivity contribution in [3.8, 4) is 0 Å². The molecule has 4 bridgehead atoms. The second-order valence-electron chi connectivity index (χ2n) is 7.42. The summed E-state index contributed by atoms with van der Waals surface area (Å²) < 4.78 is 73.8. The van der Waals surface area contributed by atoms with Gasteiger partial charge in [-0.3, -0.25) is 14.1 Å². The summed E-state index contributed by atoms with van der Waals surface area (Å²) in [6, 6.07) is 0. The summed E-state index contributed by atoms with van der Waals surface area (Å²) in [5, 5.41) is -4.98. The van der Waals surface area contributed by atoms with Crippen molar-refractivity contribution in [2.24, 2.45) is 23.2 Å². The zero-order valence-electron chi connectivity index (χ0n) is 13.3. The molecule has 0 heterocycles. The molecule has 4 aliphatic rings. The normalized spacial score (nSPS) is 35.7. The summed E-state index contributed by atoms with van der Waals surface area (Å²) in [6.45, 7) is -0.792. The van der Waals surface area contributed by atoms with E-state index in [9.17, 15) is 31.2 Å². The number of Topliss-reactive ketones (excluding diaryl/α,β-unsaturated/α-hetero) is 1. The van der Waals surface area contributed by atoms with Crippen molar-refractivity contribution in [1.29, 1.82) is 0 Å². The summed E-state index contributed by atoms with van der Waals surface area (Å²) in [6.07, 6.45) is -1.09. The Hall–Kier alpha value is -1.16. The highest BCUT2D eigenvalue weighted by molar-refractivity contribution is 7.86. The van der Waals surface area contributed by atoms with Gasteiger partial charge in [0.15, 0.2) is 12.0 Å². The highest BCUT2D eigenvalue weighted by Crippen LogP contribution is 2.58. The Morgan fingerprint density at radius 1 is 1.28 bits per heavy atom. The van der Waals surface area contributed by atoms with Crippen LogP contribution in [-0.4, -0.2) is 42.8 Å². The van der Waals surface area contributed by atoms with E-state index in [4.69, 9.17) is 9.29 Å². The van der Waals surface area contributed by atoms with Gasteiger partial charge in [0.05, 0.1) is 6.61 Å². The van der Waals surface area contributed by atoms with Crippen molar-refractivity contribution in [2.75, 3.05) is 6.61 Å². The first-order chi connectivity index (χ1) is 11.5. The third-order valence-electron chi connectivity index (χ3n) is 5.72. The molecule has 0 aliphatic heterocycles. The number of ether oxygens (including phenoxy) is 1. The van der Waals surface area contributed by atoms with Gasteiger partial charge in [-0.05, 0) is 43.9 Å². The van der Waals surface area contributed by atoms with E-state index in [1.165, 1.54) is 0 Å². The lowest BCUT2D eigenvalue weighted by Gasteiger charge is -2.53. The molecule has 25 heavy (non-hydrogen) atoms. The van der Waals surface area contributed by atoms with Crippen molar-refractivity contribution < 1.29 is 40.5 Å². The number of carbonyl (C=O) groups is 2. The van der Waals surface area contributed by atoms with E-state index < -0.39 is 46.0 Å². The lowest BCUT2D eigenvalue weighted by molar-refractivity contribution is -0.178. The Kier molecular flexibility index (Phi) is 4.42. The summed E-state index contributed by atoms with van der Waals surface area (Å²) in [5.74, 6) is -0.651. The predicted molar refractivity (Wildman–Crippen MR) is 78.0 cm³/mol. The minimum Gasteiger partial charge on any atom is -0.465 e. The molecule has 4 rings (SSSR count). The Morgan fingerprint density at radius 3 is 2.36 bits per heavy atom. The van der Waals surface area contributed by atoms with Gasteiger partial charge in [-0.15, -0.1) is 0 Å². The van der Waals surface area contributed by atoms with Gasteiger partial charge in [0.2, 0.25) is 0 Å². The third kappa shape index (κ3) is 2.97. The number of esters is 1. The van der Waals surface area contributed by atoms with Crippen LogP contribution in [0.5, 0.6) is 0 Å². The van der Waals surface area contributed by atoms with Crippen LogP contribution >= 0.6 is 0 Å². The lowest BCUT2D eigenvalue weighted by atomic mass is 9.49. The molecule has 3 unspecified atom stereocenters. The van der Waals surface area contributed by atoms with Gasteiger partial charge in [0.1, 0.15) is 5.41 Å². The molecule has 6 nitrogen and oxygen atoms in total. The van der Waals surface area contributed by atoms with E-state index in [-0.39, 0.29) is 23.5 Å². The topological polar surface area (TPSA) is 97.7 Å². The molecule has 3 atom stereocenters. The fraction of sp³-hybridized carbons (Fsp3) is 0.867. The van der Waals surface area contributed by atoms with Crippen LogP contribution in [0.15, 0.2) is 0 Å². The van der Waals surface area contributed by atoms with E-state index in [0.29, 0.717) is 12.8 Å². The summed E-state index contributed by atoms with van der Waals surface area (Å²) in [4.78, 5) is 24.9. The maximum Gasteiger partial charge on any atom is 0.400 e. The van der Waals surface area contributed by atoms with E-state index in [2.05, 4.69) is 0 Å². The fourth-order valence-electron chi connectivity index (χ4n) is 4.76. The van der Waals surface area contributed by atoms with Crippen molar-refractivity contribution in [2.45, 2.75) is 50.0 Å². The van der Waals surface area contributed by atoms with Crippen LogP contribution in [0.25, 0.3) is 0 Å². The van der Waals surface area contributed by atoms with Gasteiger partial charge in [-0.1, -0.05) is 0 Å². The Balaban J connectivity index is 1.61. The molecule has 142 valence electrons. The maximum atomic E-state index is 13.4. The molecule has 0 saturated heterocycles. The van der Waals surface area contributed by atoms with Crippen LogP contribution < -0.4 is 0 Å². The number of alkyl halides is 3. The maximum absolute atomic E-state index is 13.4. The average molecular weight is 384 g/mol. The second-order valence-corrected chi connectivity index (χ2v) is 8.91. The van der Waals surface area contributed by atoms with Crippen LogP contribution in [0.3, 0.4) is 0 Å². The summed E-state index contributed by atoms with van der Waals surface area (Å²) in [5.41, 5.74) is -1.26. The first-order valence-electron chi connectivity index (χ1n) is 8.18. The Bertz CT molecular complexity index is 677. The van der Waals surface area contributed by atoms with E-state index >= 15 is 0 Å². The van der Waals surface area contributed by atoms with Crippen molar-refractivity contribution in [3.63, 3.8) is 0 Å². The largest absolute Gasteiger partial charge is 0.465 e. The van der Waals surface area contributed by atoms with Crippen LogP contribution in [0.1, 0.15) is 38.5 Å². The zero-order valence-corrected chi connectivity index (χ0v) is 14.1.